The second-order valence-corrected chi connectivity index (χ2v) is 6.88. The van der Waals surface area contributed by atoms with Gasteiger partial charge in [-0.3, -0.25) is 4.79 Å². The van der Waals surface area contributed by atoms with Crippen molar-refractivity contribution in [2.75, 3.05) is 19.9 Å². The van der Waals surface area contributed by atoms with Crippen LogP contribution in [0.15, 0.2) is 29.6 Å². The van der Waals surface area contributed by atoms with Crippen molar-refractivity contribution in [3.63, 3.8) is 0 Å². The predicted octanol–water partition coefficient (Wildman–Crippen LogP) is 2.96. The summed E-state index contributed by atoms with van der Waals surface area (Å²) in [5.74, 6) is 2.07. The van der Waals surface area contributed by atoms with Gasteiger partial charge in [0.05, 0.1) is 11.0 Å². The highest BCUT2D eigenvalue weighted by atomic mass is 32.1. The largest absolute Gasteiger partial charge is 0.489 e. The summed E-state index contributed by atoms with van der Waals surface area (Å²) < 4.78 is 21.9. The van der Waals surface area contributed by atoms with Gasteiger partial charge >= 0.3 is 0 Å². The maximum absolute atomic E-state index is 12.2. The van der Waals surface area contributed by atoms with Gasteiger partial charge in [-0.15, -0.1) is 11.3 Å². The second-order valence-electron chi connectivity index (χ2n) is 5.97. The molecule has 2 aliphatic rings. The number of carbonyl (C=O) groups is 1. The van der Waals surface area contributed by atoms with E-state index < -0.39 is 0 Å². The van der Waals surface area contributed by atoms with Crippen LogP contribution in [0.3, 0.4) is 0 Å². The molecule has 1 aromatic heterocycles. The molecule has 1 saturated heterocycles. The molecule has 0 bridgehead atoms. The lowest BCUT2D eigenvalue weighted by Crippen LogP contribution is -2.31. The molecule has 7 heteroatoms. The van der Waals surface area contributed by atoms with Crippen LogP contribution in [-0.2, 0) is 11.3 Å². The number of thiophene rings is 1. The molecule has 2 aliphatic heterocycles. The average Bonchev–Trinajstić information content (AvgIpc) is 3.39. The number of benzene rings is 1. The molecule has 132 valence electrons. The lowest BCUT2D eigenvalue weighted by molar-refractivity contribution is 0.0861. The molecule has 1 aromatic carbocycles. The maximum Gasteiger partial charge on any atom is 0.261 e. The first-order valence-corrected chi connectivity index (χ1v) is 9.15. The Morgan fingerprint density at radius 1 is 1.28 bits per heavy atom. The Morgan fingerprint density at radius 3 is 3.08 bits per heavy atom. The first-order chi connectivity index (χ1) is 12.3. The summed E-state index contributed by atoms with van der Waals surface area (Å²) in [6.45, 7) is 2.00. The van der Waals surface area contributed by atoms with E-state index in [9.17, 15) is 4.79 Å². The van der Waals surface area contributed by atoms with Crippen molar-refractivity contribution in [3.8, 4) is 17.2 Å². The third-order valence-electron chi connectivity index (χ3n) is 4.14. The fraction of sp³-hybridized carbons (Fsp3) is 0.389. The van der Waals surface area contributed by atoms with E-state index in [0.717, 1.165) is 30.8 Å². The van der Waals surface area contributed by atoms with Crippen molar-refractivity contribution in [1.29, 1.82) is 0 Å². The van der Waals surface area contributed by atoms with Crippen LogP contribution in [0, 0.1) is 0 Å². The third kappa shape index (κ3) is 3.88. The molecule has 25 heavy (non-hydrogen) atoms. The molecular formula is C18H19NO5S. The van der Waals surface area contributed by atoms with Gasteiger partial charge in [-0.1, -0.05) is 0 Å². The number of hydrogen-bond donors (Lipinski definition) is 1. The van der Waals surface area contributed by atoms with E-state index in [2.05, 4.69) is 5.32 Å². The first-order valence-electron chi connectivity index (χ1n) is 8.27. The van der Waals surface area contributed by atoms with E-state index in [4.69, 9.17) is 18.9 Å². The Bertz CT molecular complexity index is 754. The van der Waals surface area contributed by atoms with Crippen LogP contribution >= 0.6 is 11.3 Å². The van der Waals surface area contributed by atoms with Crippen LogP contribution in [0.2, 0.25) is 0 Å². The molecule has 0 aliphatic carbocycles. The zero-order chi connectivity index (χ0) is 17.1. The second kappa shape index (κ2) is 7.33. The van der Waals surface area contributed by atoms with Crippen molar-refractivity contribution in [1.82, 2.24) is 5.32 Å². The standard InChI is InChI=1S/C18H19NO5S/c20-18(19-8-14-2-1-5-21-14)17-6-12(10-25-17)9-22-13-3-4-15-16(7-13)24-11-23-15/h3-4,6-7,10,14H,1-2,5,8-9,11H2,(H,19,20). The molecule has 2 aromatic rings. The van der Waals surface area contributed by atoms with Crippen molar-refractivity contribution >= 4 is 17.2 Å². The Hall–Kier alpha value is -2.25. The summed E-state index contributed by atoms with van der Waals surface area (Å²) >= 11 is 1.42. The van der Waals surface area contributed by atoms with E-state index in [1.807, 2.05) is 29.6 Å². The van der Waals surface area contributed by atoms with Gasteiger partial charge in [0.15, 0.2) is 11.5 Å². The van der Waals surface area contributed by atoms with Gasteiger partial charge in [0.1, 0.15) is 12.4 Å². The van der Waals surface area contributed by atoms with E-state index in [-0.39, 0.29) is 18.8 Å². The normalized spacial score (nSPS) is 18.3. The summed E-state index contributed by atoms with van der Waals surface area (Å²) in [7, 11) is 0. The number of fused-ring (bicyclic) bond motifs is 1. The van der Waals surface area contributed by atoms with Crippen molar-refractivity contribution in [2.45, 2.75) is 25.6 Å². The van der Waals surface area contributed by atoms with Gasteiger partial charge in [-0.25, -0.2) is 0 Å². The minimum absolute atomic E-state index is 0.0603. The molecule has 6 nitrogen and oxygen atoms in total. The van der Waals surface area contributed by atoms with Crippen LogP contribution in [0.1, 0.15) is 28.1 Å². The molecule has 0 spiro atoms. The summed E-state index contributed by atoms with van der Waals surface area (Å²) in [5, 5.41) is 4.87. The van der Waals surface area contributed by atoms with Gasteiger partial charge < -0.3 is 24.3 Å². The number of rotatable bonds is 6. The van der Waals surface area contributed by atoms with Crippen molar-refractivity contribution in [2.24, 2.45) is 0 Å². The zero-order valence-corrected chi connectivity index (χ0v) is 14.5. The van der Waals surface area contributed by atoms with Crippen molar-refractivity contribution < 1.29 is 23.7 Å². The smallest absolute Gasteiger partial charge is 0.261 e. The Labute approximate surface area is 149 Å². The fourth-order valence-electron chi connectivity index (χ4n) is 2.80. The number of ether oxygens (including phenoxy) is 4. The SMILES string of the molecule is O=C(NCC1CCCO1)c1cc(COc2ccc3c(c2)OCO3)cs1. The minimum atomic E-state index is -0.0603. The Kier molecular flexibility index (Phi) is 4.76. The van der Waals surface area contributed by atoms with Gasteiger partial charge in [-0.05, 0) is 36.4 Å². The molecule has 1 atom stereocenters. The van der Waals surface area contributed by atoms with E-state index in [1.165, 1.54) is 11.3 Å². The molecule has 1 amide bonds. The summed E-state index contributed by atoms with van der Waals surface area (Å²) in [6, 6.07) is 7.34. The molecule has 1 N–H and O–H groups in total. The van der Waals surface area contributed by atoms with Gasteiger partial charge in [0.2, 0.25) is 6.79 Å². The Balaban J connectivity index is 1.29. The monoisotopic (exact) mass is 361 g/mol. The van der Waals surface area contributed by atoms with Gasteiger partial charge in [0, 0.05) is 24.8 Å². The van der Waals surface area contributed by atoms with Crippen molar-refractivity contribution in [3.05, 3.63) is 40.1 Å². The zero-order valence-electron chi connectivity index (χ0n) is 13.7. The van der Waals surface area contributed by atoms with Gasteiger partial charge in [0.25, 0.3) is 5.91 Å². The van der Waals surface area contributed by atoms with Crippen LogP contribution < -0.4 is 19.5 Å². The number of carbonyl (C=O) groups excluding carboxylic acids is 1. The molecule has 4 rings (SSSR count). The van der Waals surface area contributed by atoms with E-state index in [1.54, 1.807) is 0 Å². The number of nitrogens with one attached hydrogen (secondary N) is 1. The molecule has 0 radical (unpaired) electrons. The van der Waals surface area contributed by atoms with Crippen LogP contribution in [0.5, 0.6) is 17.2 Å². The highest BCUT2D eigenvalue weighted by Crippen LogP contribution is 2.35. The molecule has 3 heterocycles. The summed E-state index contributed by atoms with van der Waals surface area (Å²) in [5.41, 5.74) is 0.963. The maximum atomic E-state index is 12.2. The minimum Gasteiger partial charge on any atom is -0.489 e. The lowest BCUT2D eigenvalue weighted by Gasteiger charge is -2.09. The predicted molar refractivity (Wildman–Crippen MR) is 92.5 cm³/mol. The van der Waals surface area contributed by atoms with Crippen LogP contribution in [0.4, 0.5) is 0 Å². The molecular weight excluding hydrogens is 342 g/mol. The Morgan fingerprint density at radius 2 is 2.20 bits per heavy atom. The molecule has 1 unspecified atom stereocenters. The first kappa shape index (κ1) is 16.2. The third-order valence-corrected chi connectivity index (χ3v) is 5.12. The number of hydrogen-bond acceptors (Lipinski definition) is 6. The highest BCUT2D eigenvalue weighted by molar-refractivity contribution is 7.12. The van der Waals surface area contributed by atoms with E-state index in [0.29, 0.717) is 29.5 Å². The van der Waals surface area contributed by atoms with Crippen LogP contribution in [-0.4, -0.2) is 32.0 Å². The summed E-state index contributed by atoms with van der Waals surface area (Å²) in [6.07, 6.45) is 2.23. The number of amides is 1. The quantitative estimate of drug-likeness (QED) is 0.857. The van der Waals surface area contributed by atoms with E-state index >= 15 is 0 Å². The van der Waals surface area contributed by atoms with Gasteiger partial charge in [-0.2, -0.15) is 0 Å². The fourth-order valence-corrected chi connectivity index (χ4v) is 3.62. The lowest BCUT2D eigenvalue weighted by atomic mass is 10.2. The molecule has 0 saturated carbocycles. The highest BCUT2D eigenvalue weighted by Gasteiger charge is 2.18. The topological polar surface area (TPSA) is 66.0 Å². The van der Waals surface area contributed by atoms with Crippen LogP contribution in [0.25, 0.3) is 0 Å². The molecule has 1 fully saturated rings. The average molecular weight is 361 g/mol. The summed E-state index contributed by atoms with van der Waals surface area (Å²) in [4.78, 5) is 12.9.